The van der Waals surface area contributed by atoms with Gasteiger partial charge in [-0.1, -0.05) is 23.9 Å². The zero-order chi connectivity index (χ0) is 23.7. The molecule has 1 atom stereocenters. The van der Waals surface area contributed by atoms with Crippen molar-refractivity contribution in [3.8, 4) is 0 Å². The number of fused-ring (bicyclic) bond motifs is 2. The van der Waals surface area contributed by atoms with E-state index in [1.54, 1.807) is 16.7 Å². The minimum atomic E-state index is -0.427. The third-order valence-corrected chi connectivity index (χ3v) is 8.32. The summed E-state index contributed by atoms with van der Waals surface area (Å²) in [6.45, 7) is 1.10. The van der Waals surface area contributed by atoms with Gasteiger partial charge in [-0.05, 0) is 49.8 Å². The molecular formula is C24H25N3O5S2. The zero-order valence-corrected chi connectivity index (χ0v) is 20.4. The lowest BCUT2D eigenvalue weighted by Gasteiger charge is -2.16. The molecule has 3 aromatic rings. The topological polar surface area (TPSA) is 99.5 Å². The Morgan fingerprint density at radius 1 is 1.29 bits per heavy atom. The van der Waals surface area contributed by atoms with Crippen LogP contribution in [0.3, 0.4) is 0 Å². The molecule has 3 heterocycles. The Hall–Kier alpha value is -2.69. The number of anilines is 1. The van der Waals surface area contributed by atoms with Crippen LogP contribution in [0.15, 0.2) is 34.2 Å². The van der Waals surface area contributed by atoms with Crippen LogP contribution in [0.2, 0.25) is 0 Å². The summed E-state index contributed by atoms with van der Waals surface area (Å²) in [5.74, 6) is -0.635. The number of rotatable bonds is 7. The van der Waals surface area contributed by atoms with Crippen LogP contribution in [0.25, 0.3) is 10.9 Å². The van der Waals surface area contributed by atoms with Crippen molar-refractivity contribution in [1.82, 2.24) is 9.55 Å². The lowest BCUT2D eigenvalue weighted by atomic mass is 10.1. The zero-order valence-electron chi connectivity index (χ0n) is 18.8. The molecule has 0 bridgehead atoms. The van der Waals surface area contributed by atoms with Crippen molar-refractivity contribution in [2.75, 3.05) is 24.8 Å². The van der Waals surface area contributed by atoms with Crippen LogP contribution in [0.5, 0.6) is 0 Å². The first-order valence-corrected chi connectivity index (χ1v) is 13.1. The molecule has 1 fully saturated rings. The number of ether oxygens (including phenoxy) is 2. The van der Waals surface area contributed by atoms with Crippen LogP contribution in [-0.2, 0) is 33.7 Å². The standard InChI is InChI=1S/C24H25N3O5S2/c1-31-23(30)20-16-8-4-10-18(16)34-21(20)26-19(28)13-33-24-25-17-9-3-2-7-15(17)22(29)27(24)12-14-6-5-11-32-14/h2-3,7,9,14H,4-6,8,10-13H2,1H3,(H,26,28). The second-order valence-corrected chi connectivity index (χ2v) is 10.4. The molecule has 1 aliphatic heterocycles. The van der Waals surface area contributed by atoms with Gasteiger partial charge in [-0.3, -0.25) is 14.2 Å². The number of aromatic nitrogens is 2. The average molecular weight is 500 g/mol. The summed E-state index contributed by atoms with van der Waals surface area (Å²) in [6, 6.07) is 7.22. The maximum absolute atomic E-state index is 13.2. The molecule has 1 N–H and O–H groups in total. The molecule has 0 spiro atoms. The molecule has 8 nitrogen and oxygen atoms in total. The van der Waals surface area contributed by atoms with Gasteiger partial charge in [0, 0.05) is 11.5 Å². The molecule has 0 saturated carbocycles. The normalized spacial score (nSPS) is 17.1. The van der Waals surface area contributed by atoms with Crippen molar-refractivity contribution in [2.45, 2.75) is 49.9 Å². The minimum Gasteiger partial charge on any atom is -0.465 e. The fourth-order valence-corrected chi connectivity index (χ4v) is 6.62. The SMILES string of the molecule is COC(=O)c1c(NC(=O)CSc2nc3ccccc3c(=O)n2CC2CCCO2)sc2c1CCC2. The predicted molar refractivity (Wildman–Crippen MR) is 132 cm³/mol. The van der Waals surface area contributed by atoms with Crippen molar-refractivity contribution < 1.29 is 19.1 Å². The quantitative estimate of drug-likeness (QED) is 0.301. The summed E-state index contributed by atoms with van der Waals surface area (Å²) in [4.78, 5) is 44.2. The summed E-state index contributed by atoms with van der Waals surface area (Å²) < 4.78 is 12.3. The van der Waals surface area contributed by atoms with Crippen LogP contribution >= 0.6 is 23.1 Å². The van der Waals surface area contributed by atoms with Crippen molar-refractivity contribution in [1.29, 1.82) is 0 Å². The van der Waals surface area contributed by atoms with E-state index in [0.29, 0.717) is 39.8 Å². The molecule has 2 aliphatic rings. The fourth-order valence-electron chi connectivity index (χ4n) is 4.51. The van der Waals surface area contributed by atoms with Gasteiger partial charge in [0.25, 0.3) is 5.56 Å². The Balaban J connectivity index is 1.37. The Labute approximate surface area is 204 Å². The molecule has 1 aliphatic carbocycles. The van der Waals surface area contributed by atoms with Crippen LogP contribution < -0.4 is 10.9 Å². The van der Waals surface area contributed by atoms with E-state index in [9.17, 15) is 14.4 Å². The third kappa shape index (κ3) is 4.49. The first-order valence-electron chi connectivity index (χ1n) is 11.3. The molecule has 1 unspecified atom stereocenters. The van der Waals surface area contributed by atoms with Gasteiger partial charge < -0.3 is 14.8 Å². The third-order valence-electron chi connectivity index (χ3n) is 6.13. The number of amides is 1. The second-order valence-electron chi connectivity index (χ2n) is 8.35. The van der Waals surface area contributed by atoms with Gasteiger partial charge in [0.05, 0.1) is 42.0 Å². The summed E-state index contributed by atoms with van der Waals surface area (Å²) in [5, 5.41) is 4.45. The predicted octanol–water partition coefficient (Wildman–Crippen LogP) is 3.64. The van der Waals surface area contributed by atoms with E-state index in [1.807, 2.05) is 12.1 Å². The molecule has 2 aromatic heterocycles. The molecule has 34 heavy (non-hydrogen) atoms. The Morgan fingerprint density at radius 2 is 2.15 bits per heavy atom. The summed E-state index contributed by atoms with van der Waals surface area (Å²) in [7, 11) is 1.35. The maximum Gasteiger partial charge on any atom is 0.341 e. The van der Waals surface area contributed by atoms with Crippen LogP contribution in [-0.4, -0.2) is 47.0 Å². The number of hydrogen-bond donors (Lipinski definition) is 1. The number of carbonyl (C=O) groups is 2. The van der Waals surface area contributed by atoms with Gasteiger partial charge in [-0.2, -0.15) is 0 Å². The number of thiophene rings is 1. The highest BCUT2D eigenvalue weighted by molar-refractivity contribution is 7.99. The molecule has 10 heteroatoms. The van der Waals surface area contributed by atoms with E-state index in [-0.39, 0.29) is 23.3 Å². The maximum atomic E-state index is 13.2. The molecule has 5 rings (SSSR count). The van der Waals surface area contributed by atoms with Gasteiger partial charge >= 0.3 is 5.97 Å². The van der Waals surface area contributed by atoms with E-state index in [4.69, 9.17) is 9.47 Å². The highest BCUT2D eigenvalue weighted by Crippen LogP contribution is 2.39. The summed E-state index contributed by atoms with van der Waals surface area (Å²) >= 11 is 2.65. The van der Waals surface area contributed by atoms with Gasteiger partial charge in [0.1, 0.15) is 5.00 Å². The number of thioether (sulfide) groups is 1. The summed E-state index contributed by atoms with van der Waals surface area (Å²) in [5.41, 5.74) is 1.92. The molecule has 1 amide bonds. The highest BCUT2D eigenvalue weighted by atomic mass is 32.2. The lowest BCUT2D eigenvalue weighted by molar-refractivity contribution is -0.113. The fraction of sp³-hybridized carbons (Fsp3) is 0.417. The number of esters is 1. The van der Waals surface area contributed by atoms with Gasteiger partial charge in [0.2, 0.25) is 5.91 Å². The first-order chi connectivity index (χ1) is 16.5. The Kier molecular flexibility index (Phi) is 6.71. The van der Waals surface area contributed by atoms with Gasteiger partial charge in [0.15, 0.2) is 5.16 Å². The van der Waals surface area contributed by atoms with E-state index < -0.39 is 5.97 Å². The van der Waals surface area contributed by atoms with E-state index in [1.165, 1.54) is 30.2 Å². The Morgan fingerprint density at radius 3 is 2.94 bits per heavy atom. The van der Waals surface area contributed by atoms with Crippen LogP contribution in [0.1, 0.15) is 40.1 Å². The number of nitrogens with one attached hydrogen (secondary N) is 1. The molecule has 1 saturated heterocycles. The van der Waals surface area contributed by atoms with Crippen molar-refractivity contribution in [2.24, 2.45) is 0 Å². The van der Waals surface area contributed by atoms with Gasteiger partial charge in [-0.15, -0.1) is 11.3 Å². The molecular weight excluding hydrogens is 474 g/mol. The molecule has 1 aromatic carbocycles. The number of nitrogens with zero attached hydrogens (tertiary/aromatic N) is 2. The Bertz CT molecular complexity index is 1310. The second kappa shape index (κ2) is 9.89. The van der Waals surface area contributed by atoms with Crippen molar-refractivity contribution in [3.63, 3.8) is 0 Å². The highest BCUT2D eigenvalue weighted by Gasteiger charge is 2.28. The molecule has 0 radical (unpaired) electrons. The van der Waals surface area contributed by atoms with E-state index >= 15 is 0 Å². The number of benzene rings is 1. The first kappa shape index (κ1) is 23.1. The number of hydrogen-bond acceptors (Lipinski definition) is 8. The summed E-state index contributed by atoms with van der Waals surface area (Å²) in [6.07, 6.45) is 4.56. The largest absolute Gasteiger partial charge is 0.465 e. The number of carbonyl (C=O) groups excluding carboxylic acids is 2. The van der Waals surface area contributed by atoms with E-state index in [2.05, 4.69) is 10.3 Å². The van der Waals surface area contributed by atoms with Crippen molar-refractivity contribution in [3.05, 3.63) is 50.6 Å². The average Bonchev–Trinajstić information content (AvgIpc) is 3.57. The smallest absolute Gasteiger partial charge is 0.341 e. The van der Waals surface area contributed by atoms with Crippen LogP contribution in [0, 0.1) is 0 Å². The van der Waals surface area contributed by atoms with Crippen LogP contribution in [0.4, 0.5) is 5.00 Å². The molecule has 178 valence electrons. The van der Waals surface area contributed by atoms with Crippen molar-refractivity contribution >= 4 is 50.9 Å². The monoisotopic (exact) mass is 499 g/mol. The number of para-hydroxylation sites is 1. The van der Waals surface area contributed by atoms with Gasteiger partial charge in [-0.25, -0.2) is 9.78 Å². The number of aryl methyl sites for hydroxylation is 1. The minimum absolute atomic E-state index is 0.0371. The number of methoxy groups -OCH3 is 1. The van der Waals surface area contributed by atoms with E-state index in [0.717, 1.165) is 42.5 Å². The lowest BCUT2D eigenvalue weighted by Crippen LogP contribution is -2.29.